The molecule has 3 aromatic rings. The molecule has 1 fully saturated rings. The van der Waals surface area contributed by atoms with Crippen molar-refractivity contribution in [3.8, 4) is 0 Å². The summed E-state index contributed by atoms with van der Waals surface area (Å²) >= 11 is 0. The van der Waals surface area contributed by atoms with Gasteiger partial charge in [0.25, 0.3) is 0 Å². The van der Waals surface area contributed by atoms with E-state index in [2.05, 4.69) is 26.3 Å². The summed E-state index contributed by atoms with van der Waals surface area (Å²) in [6, 6.07) is 6.39. The van der Waals surface area contributed by atoms with E-state index < -0.39 is 0 Å². The number of nitrogens with one attached hydrogen (secondary N) is 2. The van der Waals surface area contributed by atoms with E-state index in [0.717, 1.165) is 47.2 Å². The summed E-state index contributed by atoms with van der Waals surface area (Å²) in [4.78, 5) is 14.2. The van der Waals surface area contributed by atoms with Crippen LogP contribution in [0.2, 0.25) is 0 Å². The Kier molecular flexibility index (Phi) is 6.56. The summed E-state index contributed by atoms with van der Waals surface area (Å²) in [6.45, 7) is 4.63. The number of benzene rings is 1. The highest BCUT2D eigenvalue weighted by Crippen LogP contribution is 2.32. The van der Waals surface area contributed by atoms with Crippen LogP contribution in [0, 0.1) is 6.92 Å². The molecule has 0 bridgehead atoms. The molecular weight excluding hydrogens is 390 g/mol. The molecule has 5 N–H and O–H groups in total. The van der Waals surface area contributed by atoms with Crippen LogP contribution in [0.15, 0.2) is 24.5 Å². The standard InChI is InChI=1S/C23H33N7O/c1-3-17(13-31)27-23-28-21(25-12-16-10-9-15(2)11-19(16)24)20-22(29-23)30(14-26-20)18-7-5-4-6-8-18/h9-11,14,17-18,31H,3-8,12-13,24H2,1-2H3,(H2,25,27,28,29). The second-order valence-electron chi connectivity index (χ2n) is 8.50. The summed E-state index contributed by atoms with van der Waals surface area (Å²) in [5, 5.41) is 16.3. The van der Waals surface area contributed by atoms with Crippen molar-refractivity contribution in [2.75, 3.05) is 23.0 Å². The fourth-order valence-corrected chi connectivity index (χ4v) is 4.24. The van der Waals surface area contributed by atoms with E-state index in [1.165, 1.54) is 19.3 Å². The molecule has 1 atom stereocenters. The molecule has 166 valence electrons. The van der Waals surface area contributed by atoms with E-state index in [4.69, 9.17) is 15.7 Å². The summed E-state index contributed by atoms with van der Waals surface area (Å²) < 4.78 is 2.20. The third-order valence-corrected chi connectivity index (χ3v) is 6.18. The maximum atomic E-state index is 9.63. The minimum absolute atomic E-state index is 0.0302. The summed E-state index contributed by atoms with van der Waals surface area (Å²) in [7, 11) is 0. The molecule has 0 radical (unpaired) electrons. The minimum atomic E-state index is -0.0934. The van der Waals surface area contributed by atoms with E-state index in [-0.39, 0.29) is 12.6 Å². The number of aliphatic hydroxyl groups is 1. The normalized spacial score (nSPS) is 15.8. The first-order chi connectivity index (χ1) is 15.1. The molecule has 1 saturated carbocycles. The molecule has 1 unspecified atom stereocenters. The zero-order chi connectivity index (χ0) is 21.8. The lowest BCUT2D eigenvalue weighted by atomic mass is 9.95. The quantitative estimate of drug-likeness (QED) is 0.405. The lowest BCUT2D eigenvalue weighted by Crippen LogP contribution is -2.24. The lowest BCUT2D eigenvalue weighted by molar-refractivity contribution is 0.271. The van der Waals surface area contributed by atoms with Gasteiger partial charge in [-0.25, -0.2) is 4.98 Å². The Hall–Kier alpha value is -2.87. The average Bonchev–Trinajstić information content (AvgIpc) is 3.21. The lowest BCUT2D eigenvalue weighted by Gasteiger charge is -2.23. The number of aromatic nitrogens is 4. The molecule has 0 aliphatic heterocycles. The maximum absolute atomic E-state index is 9.63. The zero-order valence-corrected chi connectivity index (χ0v) is 18.4. The van der Waals surface area contributed by atoms with Crippen LogP contribution in [0.5, 0.6) is 0 Å². The Balaban J connectivity index is 1.68. The summed E-state index contributed by atoms with van der Waals surface area (Å²) in [6.07, 6.45) is 8.74. The Labute approximate surface area is 183 Å². The second kappa shape index (κ2) is 9.51. The monoisotopic (exact) mass is 423 g/mol. The van der Waals surface area contributed by atoms with E-state index in [9.17, 15) is 5.11 Å². The van der Waals surface area contributed by atoms with Crippen LogP contribution in [-0.2, 0) is 6.54 Å². The van der Waals surface area contributed by atoms with Crippen molar-refractivity contribution in [3.63, 3.8) is 0 Å². The van der Waals surface area contributed by atoms with Gasteiger partial charge >= 0.3 is 0 Å². The Bertz CT molecular complexity index is 1020. The summed E-state index contributed by atoms with van der Waals surface area (Å²) in [5.74, 6) is 1.18. The predicted octanol–water partition coefficient (Wildman–Crippen LogP) is 4.02. The predicted molar refractivity (Wildman–Crippen MR) is 125 cm³/mol. The molecule has 0 amide bonds. The highest BCUT2D eigenvalue weighted by molar-refractivity contribution is 5.84. The van der Waals surface area contributed by atoms with Crippen LogP contribution in [0.3, 0.4) is 0 Å². The highest BCUT2D eigenvalue weighted by Gasteiger charge is 2.21. The molecule has 8 heteroatoms. The molecular formula is C23H33N7O. The van der Waals surface area contributed by atoms with Crippen LogP contribution in [0.25, 0.3) is 11.2 Å². The SMILES string of the molecule is CCC(CO)Nc1nc(NCc2ccc(C)cc2N)c2ncn(C3CCCCC3)c2n1. The van der Waals surface area contributed by atoms with Gasteiger partial charge < -0.3 is 26.0 Å². The van der Waals surface area contributed by atoms with Gasteiger partial charge in [-0.05, 0) is 43.4 Å². The molecule has 1 aliphatic rings. The average molecular weight is 424 g/mol. The first-order valence-electron chi connectivity index (χ1n) is 11.3. The number of anilines is 3. The van der Waals surface area contributed by atoms with Gasteiger partial charge in [0.05, 0.1) is 19.0 Å². The molecule has 4 rings (SSSR count). The number of hydrogen-bond donors (Lipinski definition) is 4. The number of hydrogen-bond acceptors (Lipinski definition) is 7. The molecule has 8 nitrogen and oxygen atoms in total. The Morgan fingerprint density at radius 1 is 1.23 bits per heavy atom. The number of fused-ring (bicyclic) bond motifs is 1. The Morgan fingerprint density at radius 2 is 2.03 bits per heavy atom. The van der Waals surface area contributed by atoms with Gasteiger partial charge in [0.2, 0.25) is 5.95 Å². The number of nitrogens with two attached hydrogens (primary N) is 1. The van der Waals surface area contributed by atoms with Crippen LogP contribution in [0.1, 0.15) is 62.6 Å². The molecule has 0 saturated heterocycles. The second-order valence-corrected chi connectivity index (χ2v) is 8.50. The van der Waals surface area contributed by atoms with Crippen molar-refractivity contribution in [3.05, 3.63) is 35.7 Å². The number of rotatable bonds is 8. The molecule has 31 heavy (non-hydrogen) atoms. The molecule has 0 spiro atoms. The van der Waals surface area contributed by atoms with Crippen LogP contribution < -0.4 is 16.4 Å². The van der Waals surface area contributed by atoms with Crippen molar-refractivity contribution in [1.29, 1.82) is 0 Å². The number of aliphatic hydroxyl groups excluding tert-OH is 1. The minimum Gasteiger partial charge on any atom is -0.398 e. The van der Waals surface area contributed by atoms with Gasteiger partial charge in [-0.2, -0.15) is 9.97 Å². The third-order valence-electron chi connectivity index (χ3n) is 6.18. The van der Waals surface area contributed by atoms with Crippen molar-refractivity contribution >= 4 is 28.6 Å². The van der Waals surface area contributed by atoms with Crippen molar-refractivity contribution in [2.45, 2.75) is 71.0 Å². The number of imidazole rings is 1. The third kappa shape index (κ3) is 4.74. The smallest absolute Gasteiger partial charge is 0.227 e. The van der Waals surface area contributed by atoms with Crippen LogP contribution in [0.4, 0.5) is 17.5 Å². The number of nitrogen functional groups attached to an aromatic ring is 1. The van der Waals surface area contributed by atoms with Crippen molar-refractivity contribution in [2.24, 2.45) is 0 Å². The van der Waals surface area contributed by atoms with Crippen molar-refractivity contribution < 1.29 is 5.11 Å². The van der Waals surface area contributed by atoms with E-state index in [0.29, 0.717) is 24.4 Å². The maximum Gasteiger partial charge on any atom is 0.227 e. The van der Waals surface area contributed by atoms with Crippen LogP contribution in [-0.4, -0.2) is 37.3 Å². The molecule has 1 aromatic carbocycles. The van der Waals surface area contributed by atoms with E-state index >= 15 is 0 Å². The molecule has 2 aromatic heterocycles. The fourth-order valence-electron chi connectivity index (χ4n) is 4.24. The van der Waals surface area contributed by atoms with E-state index in [1.54, 1.807) is 0 Å². The van der Waals surface area contributed by atoms with E-state index in [1.807, 2.05) is 32.3 Å². The zero-order valence-electron chi connectivity index (χ0n) is 18.4. The number of aryl methyl sites for hydroxylation is 1. The van der Waals surface area contributed by atoms with Gasteiger partial charge in [0.15, 0.2) is 17.0 Å². The first-order valence-corrected chi connectivity index (χ1v) is 11.3. The fraction of sp³-hybridized carbons (Fsp3) is 0.522. The molecule has 2 heterocycles. The van der Waals surface area contributed by atoms with Crippen LogP contribution >= 0.6 is 0 Å². The first kappa shape index (κ1) is 21.4. The van der Waals surface area contributed by atoms with Crippen molar-refractivity contribution in [1.82, 2.24) is 19.5 Å². The van der Waals surface area contributed by atoms with Gasteiger partial charge in [-0.3, -0.25) is 0 Å². The highest BCUT2D eigenvalue weighted by atomic mass is 16.3. The van der Waals surface area contributed by atoms with Gasteiger partial charge in [-0.15, -0.1) is 0 Å². The summed E-state index contributed by atoms with van der Waals surface area (Å²) in [5.41, 5.74) is 10.7. The molecule has 1 aliphatic carbocycles. The van der Waals surface area contributed by atoms with Gasteiger partial charge in [-0.1, -0.05) is 38.3 Å². The van der Waals surface area contributed by atoms with Gasteiger partial charge in [0, 0.05) is 18.3 Å². The topological polar surface area (TPSA) is 114 Å². The largest absolute Gasteiger partial charge is 0.398 e. The number of nitrogens with zero attached hydrogens (tertiary/aromatic N) is 4. The van der Waals surface area contributed by atoms with Gasteiger partial charge in [0.1, 0.15) is 0 Å². The Morgan fingerprint density at radius 3 is 2.74 bits per heavy atom.